The molecule has 0 radical (unpaired) electrons. The number of aromatic nitrogens is 3. The Morgan fingerprint density at radius 3 is 2.71 bits per heavy atom. The summed E-state index contributed by atoms with van der Waals surface area (Å²) in [6, 6.07) is 5.74. The monoisotopic (exact) mass is 304 g/mol. The van der Waals surface area contributed by atoms with E-state index in [0.717, 1.165) is 42.0 Å². The fourth-order valence-corrected chi connectivity index (χ4v) is 3.13. The number of amides is 1. The Labute approximate surface area is 126 Å². The van der Waals surface area contributed by atoms with E-state index in [0.29, 0.717) is 6.54 Å². The molecule has 7 nitrogen and oxygen atoms in total. The minimum atomic E-state index is -0.281. The summed E-state index contributed by atoms with van der Waals surface area (Å²) in [7, 11) is 0. The van der Waals surface area contributed by atoms with Crippen molar-refractivity contribution in [2.45, 2.75) is 0 Å². The van der Waals surface area contributed by atoms with Gasteiger partial charge in [-0.2, -0.15) is 0 Å². The normalized spacial score (nSPS) is 16.1. The van der Waals surface area contributed by atoms with Crippen molar-refractivity contribution < 1.29 is 4.79 Å². The topological polar surface area (TPSA) is 88.2 Å². The second-order valence-electron chi connectivity index (χ2n) is 4.83. The first kappa shape index (κ1) is 13.9. The van der Waals surface area contributed by atoms with E-state index in [-0.39, 0.29) is 5.91 Å². The molecule has 0 spiro atoms. The van der Waals surface area contributed by atoms with Gasteiger partial charge in [-0.15, -0.1) is 10.2 Å². The zero-order valence-electron chi connectivity index (χ0n) is 11.5. The summed E-state index contributed by atoms with van der Waals surface area (Å²) >= 11 is 1.54. The molecule has 0 unspecified atom stereocenters. The molecule has 3 heterocycles. The summed E-state index contributed by atoms with van der Waals surface area (Å²) in [6.45, 7) is 3.58. The maximum atomic E-state index is 10.9. The van der Waals surface area contributed by atoms with Gasteiger partial charge < -0.3 is 10.6 Å². The van der Waals surface area contributed by atoms with E-state index in [4.69, 9.17) is 5.73 Å². The van der Waals surface area contributed by atoms with Gasteiger partial charge in [0.15, 0.2) is 5.01 Å². The van der Waals surface area contributed by atoms with Crippen LogP contribution in [0.15, 0.2) is 24.4 Å². The van der Waals surface area contributed by atoms with Crippen molar-refractivity contribution in [2.75, 3.05) is 37.6 Å². The number of piperazine rings is 1. The van der Waals surface area contributed by atoms with Gasteiger partial charge in [0.25, 0.3) is 0 Å². The van der Waals surface area contributed by atoms with Crippen LogP contribution in [0.25, 0.3) is 10.7 Å². The molecule has 0 saturated carbocycles. The number of nitrogens with zero attached hydrogens (tertiary/aromatic N) is 5. The van der Waals surface area contributed by atoms with Crippen molar-refractivity contribution in [1.82, 2.24) is 20.1 Å². The van der Waals surface area contributed by atoms with Crippen LogP contribution < -0.4 is 10.6 Å². The molecule has 2 aromatic heterocycles. The molecular formula is C13H16N6OS. The second-order valence-corrected chi connectivity index (χ2v) is 5.79. The van der Waals surface area contributed by atoms with Crippen molar-refractivity contribution in [3.63, 3.8) is 0 Å². The van der Waals surface area contributed by atoms with Crippen LogP contribution in [-0.4, -0.2) is 58.7 Å². The molecule has 1 saturated heterocycles. The number of anilines is 1. The number of rotatable bonds is 4. The smallest absolute Gasteiger partial charge is 0.231 e. The van der Waals surface area contributed by atoms with Gasteiger partial charge in [0.2, 0.25) is 11.0 Å². The number of pyridine rings is 1. The highest BCUT2D eigenvalue weighted by Gasteiger charge is 2.21. The molecule has 1 aliphatic heterocycles. The van der Waals surface area contributed by atoms with Gasteiger partial charge in [-0.3, -0.25) is 14.7 Å². The van der Waals surface area contributed by atoms with Crippen LogP contribution in [0.1, 0.15) is 0 Å². The summed E-state index contributed by atoms with van der Waals surface area (Å²) in [6.07, 6.45) is 1.75. The minimum Gasteiger partial charge on any atom is -0.369 e. The number of hydrogen-bond donors (Lipinski definition) is 1. The largest absolute Gasteiger partial charge is 0.369 e. The first-order valence-corrected chi connectivity index (χ1v) is 7.54. The van der Waals surface area contributed by atoms with E-state index in [1.807, 2.05) is 18.2 Å². The van der Waals surface area contributed by atoms with Gasteiger partial charge >= 0.3 is 0 Å². The standard InChI is InChI=1S/C13H16N6OS/c14-11(20)9-18-5-7-19(8-6-18)13-17-16-12(21-13)10-3-1-2-4-15-10/h1-4H,5-9H2,(H2,14,20). The third-order valence-corrected chi connectivity index (χ3v) is 4.33. The van der Waals surface area contributed by atoms with Crippen molar-refractivity contribution in [3.8, 4) is 10.7 Å². The molecule has 8 heteroatoms. The fraction of sp³-hybridized carbons (Fsp3) is 0.385. The average Bonchev–Trinajstić information content (AvgIpc) is 2.98. The quantitative estimate of drug-likeness (QED) is 0.868. The van der Waals surface area contributed by atoms with E-state index in [1.165, 1.54) is 11.3 Å². The first-order chi connectivity index (χ1) is 10.2. The van der Waals surface area contributed by atoms with Crippen LogP contribution in [-0.2, 0) is 4.79 Å². The Morgan fingerprint density at radius 1 is 1.24 bits per heavy atom. The van der Waals surface area contributed by atoms with Gasteiger partial charge in [0.1, 0.15) is 5.69 Å². The second kappa shape index (κ2) is 6.15. The van der Waals surface area contributed by atoms with Crippen LogP contribution in [0.3, 0.4) is 0 Å². The van der Waals surface area contributed by atoms with Gasteiger partial charge in [-0.1, -0.05) is 17.4 Å². The average molecular weight is 304 g/mol. The molecule has 0 aromatic carbocycles. The maximum Gasteiger partial charge on any atom is 0.231 e. The van der Waals surface area contributed by atoms with Gasteiger partial charge in [-0.25, -0.2) is 0 Å². The van der Waals surface area contributed by atoms with Crippen LogP contribution in [0, 0.1) is 0 Å². The minimum absolute atomic E-state index is 0.281. The fourth-order valence-electron chi connectivity index (χ4n) is 2.25. The van der Waals surface area contributed by atoms with Crippen molar-refractivity contribution >= 4 is 22.4 Å². The number of carbonyl (C=O) groups excluding carboxylic acids is 1. The lowest BCUT2D eigenvalue weighted by Gasteiger charge is -2.33. The molecule has 0 atom stereocenters. The van der Waals surface area contributed by atoms with Crippen LogP contribution in [0.4, 0.5) is 5.13 Å². The molecule has 1 amide bonds. The number of primary amides is 1. The lowest BCUT2D eigenvalue weighted by atomic mass is 10.3. The summed E-state index contributed by atoms with van der Waals surface area (Å²) in [5.74, 6) is -0.281. The summed E-state index contributed by atoms with van der Waals surface area (Å²) in [4.78, 5) is 19.4. The number of carbonyl (C=O) groups is 1. The van der Waals surface area contributed by atoms with Crippen molar-refractivity contribution in [3.05, 3.63) is 24.4 Å². The molecule has 1 fully saturated rings. The summed E-state index contributed by atoms with van der Waals surface area (Å²) in [5, 5.41) is 10.2. The lowest BCUT2D eigenvalue weighted by Crippen LogP contribution is -2.48. The van der Waals surface area contributed by atoms with Crippen molar-refractivity contribution in [1.29, 1.82) is 0 Å². The van der Waals surface area contributed by atoms with Gasteiger partial charge in [-0.05, 0) is 12.1 Å². The van der Waals surface area contributed by atoms with E-state index in [9.17, 15) is 4.79 Å². The molecule has 0 aliphatic carbocycles. The van der Waals surface area contributed by atoms with Crippen molar-refractivity contribution in [2.24, 2.45) is 5.73 Å². The molecule has 2 N–H and O–H groups in total. The Kier molecular flexibility index (Phi) is 4.07. The Bertz CT molecular complexity index is 608. The molecular weight excluding hydrogens is 288 g/mol. The van der Waals surface area contributed by atoms with Gasteiger partial charge in [0, 0.05) is 32.4 Å². The highest BCUT2D eigenvalue weighted by molar-refractivity contribution is 7.18. The molecule has 2 aromatic rings. The summed E-state index contributed by atoms with van der Waals surface area (Å²) < 4.78 is 0. The Hall–Kier alpha value is -2.06. The van der Waals surface area contributed by atoms with E-state index < -0.39 is 0 Å². The third-order valence-electron chi connectivity index (χ3n) is 3.32. The van der Waals surface area contributed by atoms with E-state index in [2.05, 4.69) is 25.0 Å². The third kappa shape index (κ3) is 3.34. The number of nitrogens with two attached hydrogens (primary N) is 1. The predicted octanol–water partition coefficient (Wildman–Crippen LogP) is 0.207. The van der Waals surface area contributed by atoms with Crippen LogP contribution in [0.2, 0.25) is 0 Å². The molecule has 1 aliphatic rings. The molecule has 0 bridgehead atoms. The maximum absolute atomic E-state index is 10.9. The van der Waals surface area contributed by atoms with Crippen LogP contribution in [0.5, 0.6) is 0 Å². The predicted molar refractivity (Wildman–Crippen MR) is 81.0 cm³/mol. The number of hydrogen-bond acceptors (Lipinski definition) is 7. The molecule has 110 valence electrons. The lowest BCUT2D eigenvalue weighted by molar-refractivity contribution is -0.119. The summed E-state index contributed by atoms with van der Waals surface area (Å²) in [5.41, 5.74) is 6.06. The van der Waals surface area contributed by atoms with E-state index in [1.54, 1.807) is 6.20 Å². The highest BCUT2D eigenvalue weighted by atomic mass is 32.1. The Balaban J connectivity index is 1.64. The SMILES string of the molecule is NC(=O)CN1CCN(c2nnc(-c3ccccn3)s2)CC1. The molecule has 3 rings (SSSR count). The first-order valence-electron chi connectivity index (χ1n) is 6.73. The zero-order valence-corrected chi connectivity index (χ0v) is 12.3. The van der Waals surface area contributed by atoms with Gasteiger partial charge in [0.05, 0.1) is 6.54 Å². The Morgan fingerprint density at radius 2 is 2.05 bits per heavy atom. The highest BCUT2D eigenvalue weighted by Crippen LogP contribution is 2.27. The van der Waals surface area contributed by atoms with Crippen LogP contribution >= 0.6 is 11.3 Å². The van der Waals surface area contributed by atoms with E-state index >= 15 is 0 Å². The molecule has 21 heavy (non-hydrogen) atoms. The zero-order chi connectivity index (χ0) is 14.7.